The Bertz CT molecular complexity index is 311. The Balaban J connectivity index is 2.78. The lowest BCUT2D eigenvalue weighted by atomic mass is 10.2. The van der Waals surface area contributed by atoms with Crippen LogP contribution in [-0.2, 0) is 0 Å². The van der Waals surface area contributed by atoms with Crippen molar-refractivity contribution in [1.82, 2.24) is 5.32 Å². The number of rotatable bonds is 6. The fourth-order valence-corrected chi connectivity index (χ4v) is 1.80. The summed E-state index contributed by atoms with van der Waals surface area (Å²) in [6, 6.07) is 7.35. The summed E-state index contributed by atoms with van der Waals surface area (Å²) in [4.78, 5) is 2.07. The molecule has 0 radical (unpaired) electrons. The predicted octanol–water partition coefficient (Wildman–Crippen LogP) is 2.65. The molecule has 0 fully saturated rings. The van der Waals surface area contributed by atoms with Crippen molar-refractivity contribution in [2.45, 2.75) is 26.3 Å². The van der Waals surface area contributed by atoms with Gasteiger partial charge in [0.2, 0.25) is 0 Å². The zero-order chi connectivity index (χ0) is 12.0. The molecule has 0 spiro atoms. The van der Waals surface area contributed by atoms with Crippen molar-refractivity contribution in [3.63, 3.8) is 0 Å². The first-order chi connectivity index (χ1) is 7.72. The van der Waals surface area contributed by atoms with E-state index in [1.807, 2.05) is 19.2 Å². The van der Waals surface area contributed by atoms with Gasteiger partial charge >= 0.3 is 0 Å². The minimum atomic E-state index is -0.143. The largest absolute Gasteiger partial charge is 0.368 e. The molecule has 0 aliphatic rings. The average Bonchev–Trinajstić information content (AvgIpc) is 2.32. The molecule has 16 heavy (non-hydrogen) atoms. The van der Waals surface area contributed by atoms with Gasteiger partial charge in [-0.25, -0.2) is 4.39 Å². The van der Waals surface area contributed by atoms with Crippen LogP contribution in [0.1, 0.15) is 20.3 Å². The number of nitrogens with one attached hydrogen (secondary N) is 1. The van der Waals surface area contributed by atoms with E-state index in [1.54, 1.807) is 6.07 Å². The maximum Gasteiger partial charge on any atom is 0.146 e. The van der Waals surface area contributed by atoms with Crippen LogP contribution in [0.25, 0.3) is 0 Å². The van der Waals surface area contributed by atoms with Crippen LogP contribution in [0.3, 0.4) is 0 Å². The van der Waals surface area contributed by atoms with E-state index in [1.165, 1.54) is 6.07 Å². The topological polar surface area (TPSA) is 15.3 Å². The van der Waals surface area contributed by atoms with Gasteiger partial charge < -0.3 is 10.2 Å². The zero-order valence-electron chi connectivity index (χ0n) is 10.3. The Kier molecular flexibility index (Phi) is 5.26. The Morgan fingerprint density at radius 3 is 2.50 bits per heavy atom. The molecule has 0 aromatic heterocycles. The number of hydrogen-bond donors (Lipinski definition) is 1. The summed E-state index contributed by atoms with van der Waals surface area (Å²) in [6.07, 6.45) is 1.04. The molecular formula is C13H21FN2. The molecule has 3 heteroatoms. The number of anilines is 1. The average molecular weight is 224 g/mol. The van der Waals surface area contributed by atoms with E-state index in [4.69, 9.17) is 0 Å². The maximum absolute atomic E-state index is 13.6. The van der Waals surface area contributed by atoms with E-state index in [-0.39, 0.29) is 5.82 Å². The van der Waals surface area contributed by atoms with Crippen LogP contribution in [-0.4, -0.2) is 26.2 Å². The molecule has 90 valence electrons. The fourth-order valence-electron chi connectivity index (χ4n) is 1.80. The van der Waals surface area contributed by atoms with Crippen molar-refractivity contribution in [3.05, 3.63) is 30.1 Å². The summed E-state index contributed by atoms with van der Waals surface area (Å²) in [6.45, 7) is 5.84. The standard InChI is InChI=1S/C13H21FN2/c1-4-11(15-3)10-16(5-2)13-9-7-6-8-12(13)14/h6-9,11,15H,4-5,10H2,1-3H3. The third-order valence-electron chi connectivity index (χ3n) is 2.92. The van der Waals surface area contributed by atoms with Gasteiger partial charge in [-0.3, -0.25) is 0 Å². The molecule has 0 saturated heterocycles. The fraction of sp³-hybridized carbons (Fsp3) is 0.538. The van der Waals surface area contributed by atoms with Gasteiger partial charge in [0.05, 0.1) is 5.69 Å². The quantitative estimate of drug-likeness (QED) is 0.799. The second kappa shape index (κ2) is 6.48. The van der Waals surface area contributed by atoms with Gasteiger partial charge in [-0.1, -0.05) is 19.1 Å². The second-order valence-corrected chi connectivity index (χ2v) is 3.88. The van der Waals surface area contributed by atoms with Crippen molar-refractivity contribution >= 4 is 5.69 Å². The Morgan fingerprint density at radius 2 is 2.00 bits per heavy atom. The second-order valence-electron chi connectivity index (χ2n) is 3.88. The molecule has 1 unspecified atom stereocenters. The van der Waals surface area contributed by atoms with Crippen molar-refractivity contribution in [1.29, 1.82) is 0 Å². The number of benzene rings is 1. The summed E-state index contributed by atoms with van der Waals surface area (Å²) in [7, 11) is 1.95. The van der Waals surface area contributed by atoms with Gasteiger partial charge in [-0.2, -0.15) is 0 Å². The molecule has 1 atom stereocenters. The molecular weight excluding hydrogens is 203 g/mol. The van der Waals surface area contributed by atoms with Crippen molar-refractivity contribution in [3.8, 4) is 0 Å². The summed E-state index contributed by atoms with van der Waals surface area (Å²) in [5.74, 6) is -0.143. The van der Waals surface area contributed by atoms with E-state index in [2.05, 4.69) is 24.1 Å². The number of para-hydroxylation sites is 1. The Labute approximate surface area is 97.5 Å². The molecule has 1 aromatic rings. The summed E-state index contributed by atoms with van der Waals surface area (Å²) < 4.78 is 13.6. The Morgan fingerprint density at radius 1 is 1.31 bits per heavy atom. The van der Waals surface area contributed by atoms with E-state index in [0.29, 0.717) is 11.7 Å². The first-order valence-electron chi connectivity index (χ1n) is 5.89. The summed E-state index contributed by atoms with van der Waals surface area (Å²) >= 11 is 0. The minimum Gasteiger partial charge on any atom is -0.368 e. The van der Waals surface area contributed by atoms with E-state index >= 15 is 0 Å². The summed E-state index contributed by atoms with van der Waals surface area (Å²) in [5.41, 5.74) is 0.693. The van der Waals surface area contributed by atoms with Gasteiger partial charge in [0.25, 0.3) is 0 Å². The molecule has 2 nitrogen and oxygen atoms in total. The Hall–Kier alpha value is -1.09. The van der Waals surface area contributed by atoms with Crippen molar-refractivity contribution < 1.29 is 4.39 Å². The third kappa shape index (κ3) is 3.20. The highest BCUT2D eigenvalue weighted by molar-refractivity contribution is 5.47. The van der Waals surface area contributed by atoms with Crippen LogP contribution < -0.4 is 10.2 Å². The number of likely N-dealkylation sites (N-methyl/N-ethyl adjacent to an activating group) is 2. The number of halogens is 1. The van der Waals surface area contributed by atoms with Crippen LogP contribution in [0.5, 0.6) is 0 Å². The molecule has 1 aromatic carbocycles. The van der Waals surface area contributed by atoms with E-state index < -0.39 is 0 Å². The highest BCUT2D eigenvalue weighted by Gasteiger charge is 2.13. The lowest BCUT2D eigenvalue weighted by Gasteiger charge is -2.28. The molecule has 0 bridgehead atoms. The monoisotopic (exact) mass is 224 g/mol. The van der Waals surface area contributed by atoms with Crippen molar-refractivity contribution in [2.75, 3.05) is 25.0 Å². The summed E-state index contributed by atoms with van der Waals surface area (Å²) in [5, 5.41) is 3.24. The van der Waals surface area contributed by atoms with Crippen LogP contribution in [0, 0.1) is 5.82 Å². The third-order valence-corrected chi connectivity index (χ3v) is 2.92. The zero-order valence-corrected chi connectivity index (χ0v) is 10.3. The molecule has 0 saturated carbocycles. The van der Waals surface area contributed by atoms with Crippen LogP contribution >= 0.6 is 0 Å². The molecule has 0 heterocycles. The van der Waals surface area contributed by atoms with Gasteiger partial charge in [0.15, 0.2) is 0 Å². The lowest BCUT2D eigenvalue weighted by Crippen LogP contribution is -2.39. The van der Waals surface area contributed by atoms with Crippen molar-refractivity contribution in [2.24, 2.45) is 0 Å². The van der Waals surface area contributed by atoms with E-state index in [9.17, 15) is 4.39 Å². The number of hydrogen-bond acceptors (Lipinski definition) is 2. The van der Waals surface area contributed by atoms with Gasteiger partial charge in [0.1, 0.15) is 5.82 Å². The molecule has 0 aliphatic carbocycles. The van der Waals surface area contributed by atoms with Crippen LogP contribution in [0.4, 0.5) is 10.1 Å². The highest BCUT2D eigenvalue weighted by Crippen LogP contribution is 2.18. The first-order valence-corrected chi connectivity index (χ1v) is 5.89. The lowest BCUT2D eigenvalue weighted by molar-refractivity contribution is 0.528. The number of nitrogens with zero attached hydrogens (tertiary/aromatic N) is 1. The first kappa shape index (κ1) is 13.0. The predicted molar refractivity (Wildman–Crippen MR) is 67.4 cm³/mol. The SMILES string of the molecule is CCC(CN(CC)c1ccccc1F)NC. The van der Waals surface area contributed by atoms with Gasteiger partial charge in [-0.05, 0) is 32.5 Å². The normalized spacial score (nSPS) is 12.5. The molecule has 0 aliphatic heterocycles. The van der Waals surface area contributed by atoms with Gasteiger partial charge in [-0.15, -0.1) is 0 Å². The smallest absolute Gasteiger partial charge is 0.146 e. The van der Waals surface area contributed by atoms with Crippen LogP contribution in [0.15, 0.2) is 24.3 Å². The molecule has 0 amide bonds. The highest BCUT2D eigenvalue weighted by atomic mass is 19.1. The van der Waals surface area contributed by atoms with E-state index in [0.717, 1.165) is 19.5 Å². The van der Waals surface area contributed by atoms with Gasteiger partial charge in [0, 0.05) is 19.1 Å². The van der Waals surface area contributed by atoms with Crippen LogP contribution in [0.2, 0.25) is 0 Å². The maximum atomic E-state index is 13.6. The molecule has 1 N–H and O–H groups in total. The minimum absolute atomic E-state index is 0.143. The molecule has 1 rings (SSSR count).